The van der Waals surface area contributed by atoms with Crippen LogP contribution >= 0.6 is 0 Å². The predicted molar refractivity (Wildman–Crippen MR) is 69.3 cm³/mol. The molecule has 0 amide bonds. The fourth-order valence-electron chi connectivity index (χ4n) is 2.55. The number of hydrogen-bond donors (Lipinski definition) is 1. The Balaban J connectivity index is 1.77. The maximum Gasteiger partial charge on any atom is 0.152 e. The highest BCUT2D eigenvalue weighted by molar-refractivity contribution is 5.11. The van der Waals surface area contributed by atoms with Gasteiger partial charge in [0, 0.05) is 31.9 Å². The van der Waals surface area contributed by atoms with Crippen molar-refractivity contribution in [1.82, 2.24) is 24.6 Å². The number of aromatic nitrogens is 4. The highest BCUT2D eigenvalue weighted by Gasteiger charge is 2.15. The van der Waals surface area contributed by atoms with Crippen LogP contribution in [0.4, 0.5) is 0 Å². The van der Waals surface area contributed by atoms with Crippen LogP contribution in [-0.4, -0.2) is 26.4 Å². The summed E-state index contributed by atoms with van der Waals surface area (Å²) in [6.45, 7) is 2.80. The molecule has 0 unspecified atom stereocenters. The number of nitrogens with one attached hydrogen (secondary N) is 1. The molecule has 18 heavy (non-hydrogen) atoms. The molecule has 5 nitrogen and oxygen atoms in total. The van der Waals surface area contributed by atoms with Gasteiger partial charge in [0.2, 0.25) is 0 Å². The van der Waals surface area contributed by atoms with Crippen LogP contribution in [0.1, 0.15) is 30.1 Å². The lowest BCUT2D eigenvalue weighted by molar-refractivity contribution is 0.502. The van der Waals surface area contributed by atoms with E-state index < -0.39 is 0 Å². The van der Waals surface area contributed by atoms with E-state index >= 15 is 0 Å². The maximum atomic E-state index is 4.32. The van der Waals surface area contributed by atoms with Gasteiger partial charge < -0.3 is 14.5 Å². The summed E-state index contributed by atoms with van der Waals surface area (Å²) < 4.78 is 4.46. The second-order valence-electron chi connectivity index (χ2n) is 4.86. The van der Waals surface area contributed by atoms with E-state index in [1.807, 2.05) is 7.05 Å². The molecule has 1 aliphatic rings. The fraction of sp³-hybridized carbons (Fsp3) is 0.538. The normalized spacial score (nSPS) is 14.7. The van der Waals surface area contributed by atoms with E-state index in [1.54, 1.807) is 0 Å². The fourth-order valence-corrected chi connectivity index (χ4v) is 2.55. The van der Waals surface area contributed by atoms with Crippen molar-refractivity contribution < 1.29 is 0 Å². The minimum atomic E-state index is 0.816. The molecule has 1 aliphatic heterocycles. The highest BCUT2D eigenvalue weighted by Crippen LogP contribution is 2.15. The maximum absolute atomic E-state index is 4.32. The van der Waals surface area contributed by atoms with Gasteiger partial charge in [0.25, 0.3) is 0 Å². The van der Waals surface area contributed by atoms with Crippen molar-refractivity contribution in [3.05, 3.63) is 35.7 Å². The molecule has 96 valence electrons. The highest BCUT2D eigenvalue weighted by atomic mass is 15.3. The summed E-state index contributed by atoms with van der Waals surface area (Å²) in [6, 6.07) is 2.14. The molecule has 0 fully saturated rings. The molecule has 0 atom stereocenters. The Morgan fingerprint density at radius 3 is 3.17 bits per heavy atom. The van der Waals surface area contributed by atoms with Crippen molar-refractivity contribution >= 4 is 0 Å². The zero-order valence-corrected chi connectivity index (χ0v) is 10.8. The molecule has 0 saturated heterocycles. The van der Waals surface area contributed by atoms with Gasteiger partial charge in [0.1, 0.15) is 5.82 Å². The average Bonchev–Trinajstić information content (AvgIpc) is 2.99. The van der Waals surface area contributed by atoms with E-state index in [-0.39, 0.29) is 0 Å². The van der Waals surface area contributed by atoms with Crippen LogP contribution in [0.25, 0.3) is 0 Å². The van der Waals surface area contributed by atoms with Crippen LogP contribution in [0.3, 0.4) is 0 Å². The first-order valence-corrected chi connectivity index (χ1v) is 6.57. The molecule has 0 spiro atoms. The Morgan fingerprint density at radius 1 is 1.33 bits per heavy atom. The van der Waals surface area contributed by atoms with Gasteiger partial charge >= 0.3 is 0 Å². The molecule has 2 aromatic heterocycles. The minimum absolute atomic E-state index is 0.816. The lowest BCUT2D eigenvalue weighted by Gasteiger charge is -2.14. The first kappa shape index (κ1) is 11.5. The van der Waals surface area contributed by atoms with E-state index in [4.69, 9.17) is 0 Å². The van der Waals surface area contributed by atoms with Crippen LogP contribution in [0.15, 0.2) is 18.5 Å². The second-order valence-corrected chi connectivity index (χ2v) is 4.86. The molecule has 2 aromatic rings. The summed E-state index contributed by atoms with van der Waals surface area (Å²) >= 11 is 0. The van der Waals surface area contributed by atoms with E-state index in [2.05, 4.69) is 43.1 Å². The Kier molecular flexibility index (Phi) is 3.15. The van der Waals surface area contributed by atoms with Gasteiger partial charge in [-0.25, -0.2) is 0 Å². The average molecular weight is 245 g/mol. The van der Waals surface area contributed by atoms with Crippen molar-refractivity contribution in [1.29, 1.82) is 0 Å². The van der Waals surface area contributed by atoms with Crippen molar-refractivity contribution in [2.75, 3.05) is 7.05 Å². The summed E-state index contributed by atoms with van der Waals surface area (Å²) in [5, 5.41) is 11.8. The van der Waals surface area contributed by atoms with Crippen LogP contribution in [0.5, 0.6) is 0 Å². The summed E-state index contributed by atoms with van der Waals surface area (Å²) in [5.41, 5.74) is 1.30. The second kappa shape index (κ2) is 4.94. The van der Waals surface area contributed by atoms with Crippen LogP contribution in [0, 0.1) is 0 Å². The summed E-state index contributed by atoms with van der Waals surface area (Å²) in [5.74, 6) is 2.23. The molecule has 0 radical (unpaired) electrons. The van der Waals surface area contributed by atoms with Gasteiger partial charge in [-0.3, -0.25) is 0 Å². The topological polar surface area (TPSA) is 47.7 Å². The number of nitrogens with zero attached hydrogens (tertiary/aromatic N) is 4. The molecular weight excluding hydrogens is 226 g/mol. The van der Waals surface area contributed by atoms with Gasteiger partial charge in [-0.2, -0.15) is 0 Å². The van der Waals surface area contributed by atoms with E-state index in [0.717, 1.165) is 37.7 Å². The third-order valence-corrected chi connectivity index (χ3v) is 3.45. The predicted octanol–water partition coefficient (Wildman–Crippen LogP) is 1.18. The van der Waals surface area contributed by atoms with E-state index in [0.29, 0.717) is 0 Å². The Morgan fingerprint density at radius 2 is 2.28 bits per heavy atom. The lowest BCUT2D eigenvalue weighted by atomic mass is 10.2. The third-order valence-electron chi connectivity index (χ3n) is 3.45. The third kappa shape index (κ3) is 2.18. The summed E-state index contributed by atoms with van der Waals surface area (Å²) in [6.07, 6.45) is 7.84. The SMILES string of the molecule is CNCc1ccn(Cc2nnc3n2CCCC3)c1. The first-order valence-electron chi connectivity index (χ1n) is 6.57. The molecule has 3 heterocycles. The zero-order valence-electron chi connectivity index (χ0n) is 10.8. The molecule has 0 aromatic carbocycles. The first-order chi connectivity index (χ1) is 8.86. The van der Waals surface area contributed by atoms with Crippen LogP contribution in [-0.2, 0) is 26.1 Å². The van der Waals surface area contributed by atoms with Gasteiger partial charge in [-0.05, 0) is 31.5 Å². The van der Waals surface area contributed by atoms with Gasteiger partial charge in [-0.1, -0.05) is 0 Å². The summed E-state index contributed by atoms with van der Waals surface area (Å²) in [4.78, 5) is 0. The number of aryl methyl sites for hydroxylation is 1. The molecule has 0 aliphatic carbocycles. The van der Waals surface area contributed by atoms with Crippen molar-refractivity contribution in [3.8, 4) is 0 Å². The zero-order chi connectivity index (χ0) is 12.4. The Bertz CT molecular complexity index is 525. The molecule has 5 heteroatoms. The number of hydrogen-bond acceptors (Lipinski definition) is 3. The number of rotatable bonds is 4. The van der Waals surface area contributed by atoms with Gasteiger partial charge in [0.05, 0.1) is 6.54 Å². The molecular formula is C13H19N5. The minimum Gasteiger partial charge on any atom is -0.346 e. The molecule has 1 N–H and O–H groups in total. The molecule has 3 rings (SSSR count). The largest absolute Gasteiger partial charge is 0.346 e. The van der Waals surface area contributed by atoms with Crippen LogP contribution in [0.2, 0.25) is 0 Å². The van der Waals surface area contributed by atoms with E-state index in [1.165, 1.54) is 18.4 Å². The molecule has 0 bridgehead atoms. The van der Waals surface area contributed by atoms with Crippen molar-refractivity contribution in [2.45, 2.75) is 38.9 Å². The lowest BCUT2D eigenvalue weighted by Crippen LogP contribution is -2.14. The standard InChI is InChI=1S/C13H19N5/c1-14-8-11-5-7-17(9-11)10-13-16-15-12-4-2-3-6-18(12)13/h5,7,9,14H,2-4,6,8,10H2,1H3. The van der Waals surface area contributed by atoms with E-state index in [9.17, 15) is 0 Å². The molecule has 0 saturated carbocycles. The van der Waals surface area contributed by atoms with Crippen molar-refractivity contribution in [2.24, 2.45) is 0 Å². The quantitative estimate of drug-likeness (QED) is 0.880. The van der Waals surface area contributed by atoms with Gasteiger partial charge in [-0.15, -0.1) is 10.2 Å². The van der Waals surface area contributed by atoms with Crippen molar-refractivity contribution in [3.63, 3.8) is 0 Å². The Hall–Kier alpha value is -1.62. The van der Waals surface area contributed by atoms with Crippen LogP contribution < -0.4 is 5.32 Å². The monoisotopic (exact) mass is 245 g/mol. The summed E-state index contributed by atoms with van der Waals surface area (Å²) in [7, 11) is 1.96. The Labute approximate surface area is 107 Å². The smallest absolute Gasteiger partial charge is 0.152 e. The number of fused-ring (bicyclic) bond motifs is 1. The van der Waals surface area contributed by atoms with Gasteiger partial charge in [0.15, 0.2) is 5.82 Å².